The van der Waals surface area contributed by atoms with Crippen molar-refractivity contribution in [2.45, 2.75) is 32.7 Å². The van der Waals surface area contributed by atoms with Gasteiger partial charge in [-0.1, -0.05) is 12.1 Å². The second-order valence-electron chi connectivity index (χ2n) is 6.33. The third-order valence-electron chi connectivity index (χ3n) is 4.50. The molecule has 1 aliphatic heterocycles. The molecule has 0 bridgehead atoms. The number of anilines is 1. The van der Waals surface area contributed by atoms with Crippen molar-refractivity contribution in [2.24, 2.45) is 5.92 Å². The summed E-state index contributed by atoms with van der Waals surface area (Å²) in [6.45, 7) is 5.07. The molecule has 1 fully saturated rings. The van der Waals surface area contributed by atoms with Crippen molar-refractivity contribution in [1.29, 1.82) is 0 Å². The van der Waals surface area contributed by atoms with Gasteiger partial charge in [-0.25, -0.2) is 0 Å². The summed E-state index contributed by atoms with van der Waals surface area (Å²) in [5.41, 5.74) is 4.17. The second-order valence-corrected chi connectivity index (χ2v) is 6.33. The Kier molecular flexibility index (Phi) is 4.72. The highest BCUT2D eigenvalue weighted by Crippen LogP contribution is 2.26. The first-order valence-corrected chi connectivity index (χ1v) is 8.19. The predicted molar refractivity (Wildman–Crippen MR) is 93.2 cm³/mol. The van der Waals surface area contributed by atoms with Crippen LogP contribution in [0.15, 0.2) is 42.7 Å². The van der Waals surface area contributed by atoms with E-state index in [0.29, 0.717) is 6.04 Å². The lowest BCUT2D eigenvalue weighted by molar-refractivity contribution is -0.120. The number of nitrogens with one attached hydrogen (secondary N) is 2. The SMILES string of the molecule is Cc1ccc(-c2ccncc2)cc1NC(=O)[C@H]1CCN[C@@H](C)C1. The zero-order chi connectivity index (χ0) is 16.2. The Bertz CT molecular complexity index is 684. The van der Waals surface area contributed by atoms with Crippen LogP contribution >= 0.6 is 0 Å². The van der Waals surface area contributed by atoms with E-state index in [-0.39, 0.29) is 11.8 Å². The van der Waals surface area contributed by atoms with Crippen molar-refractivity contribution in [1.82, 2.24) is 10.3 Å². The van der Waals surface area contributed by atoms with Gasteiger partial charge >= 0.3 is 0 Å². The number of carbonyl (C=O) groups excluding carboxylic acids is 1. The van der Waals surface area contributed by atoms with Crippen molar-refractivity contribution < 1.29 is 4.79 Å². The Morgan fingerprint density at radius 3 is 2.74 bits per heavy atom. The number of piperidine rings is 1. The molecule has 0 saturated carbocycles. The van der Waals surface area contributed by atoms with Gasteiger partial charge in [-0.15, -0.1) is 0 Å². The van der Waals surface area contributed by atoms with Gasteiger partial charge in [0.15, 0.2) is 0 Å². The molecule has 2 aromatic rings. The summed E-state index contributed by atoms with van der Waals surface area (Å²) in [7, 11) is 0. The number of carbonyl (C=O) groups is 1. The third kappa shape index (κ3) is 3.77. The average Bonchev–Trinajstić information content (AvgIpc) is 2.57. The van der Waals surface area contributed by atoms with Crippen molar-refractivity contribution in [3.63, 3.8) is 0 Å². The summed E-state index contributed by atoms with van der Waals surface area (Å²) < 4.78 is 0. The number of pyridine rings is 1. The number of benzene rings is 1. The van der Waals surface area contributed by atoms with E-state index >= 15 is 0 Å². The molecule has 2 atom stereocenters. The molecule has 0 unspecified atom stereocenters. The summed E-state index contributed by atoms with van der Waals surface area (Å²) in [5.74, 6) is 0.226. The molecule has 2 heterocycles. The van der Waals surface area contributed by atoms with Crippen molar-refractivity contribution in [3.8, 4) is 11.1 Å². The van der Waals surface area contributed by atoms with Crippen LogP contribution in [0.4, 0.5) is 5.69 Å². The smallest absolute Gasteiger partial charge is 0.227 e. The van der Waals surface area contributed by atoms with E-state index in [2.05, 4.69) is 34.7 Å². The van der Waals surface area contributed by atoms with Gasteiger partial charge in [-0.05, 0) is 68.1 Å². The minimum absolute atomic E-state index is 0.0928. The summed E-state index contributed by atoms with van der Waals surface area (Å²) in [6, 6.07) is 10.5. The molecule has 1 aromatic carbocycles. The number of aromatic nitrogens is 1. The number of rotatable bonds is 3. The molecule has 1 aliphatic rings. The zero-order valence-electron chi connectivity index (χ0n) is 13.7. The van der Waals surface area contributed by atoms with E-state index in [0.717, 1.165) is 41.8 Å². The van der Waals surface area contributed by atoms with Gasteiger partial charge in [0.2, 0.25) is 5.91 Å². The van der Waals surface area contributed by atoms with Gasteiger partial charge in [0.25, 0.3) is 0 Å². The first kappa shape index (κ1) is 15.7. The van der Waals surface area contributed by atoms with Gasteiger partial charge in [0, 0.05) is 30.0 Å². The Labute approximate surface area is 137 Å². The molecular weight excluding hydrogens is 286 g/mol. The number of aryl methyl sites for hydroxylation is 1. The van der Waals surface area contributed by atoms with Crippen LogP contribution in [0.25, 0.3) is 11.1 Å². The largest absolute Gasteiger partial charge is 0.326 e. The molecule has 2 N–H and O–H groups in total. The number of amides is 1. The molecule has 3 rings (SSSR count). The highest BCUT2D eigenvalue weighted by molar-refractivity contribution is 5.94. The van der Waals surface area contributed by atoms with E-state index in [4.69, 9.17) is 0 Å². The fraction of sp³-hybridized carbons (Fsp3) is 0.368. The maximum Gasteiger partial charge on any atom is 0.227 e. The molecule has 4 nitrogen and oxygen atoms in total. The van der Waals surface area contributed by atoms with Crippen LogP contribution in [-0.4, -0.2) is 23.5 Å². The van der Waals surface area contributed by atoms with Gasteiger partial charge in [0.05, 0.1) is 0 Å². The summed E-state index contributed by atoms with van der Waals surface area (Å²) in [5, 5.41) is 6.52. The highest BCUT2D eigenvalue weighted by atomic mass is 16.1. The summed E-state index contributed by atoms with van der Waals surface area (Å²) >= 11 is 0. The van der Waals surface area contributed by atoms with Crippen molar-refractivity contribution in [2.75, 3.05) is 11.9 Å². The fourth-order valence-corrected chi connectivity index (χ4v) is 3.09. The van der Waals surface area contributed by atoms with Crippen LogP contribution in [0.3, 0.4) is 0 Å². The van der Waals surface area contributed by atoms with Crippen LogP contribution in [0.2, 0.25) is 0 Å². The van der Waals surface area contributed by atoms with E-state index in [1.165, 1.54) is 0 Å². The molecule has 1 amide bonds. The number of nitrogens with zero attached hydrogens (tertiary/aromatic N) is 1. The lowest BCUT2D eigenvalue weighted by Gasteiger charge is -2.27. The Balaban J connectivity index is 1.78. The maximum atomic E-state index is 12.6. The van der Waals surface area contributed by atoms with Gasteiger partial charge in [0.1, 0.15) is 0 Å². The number of hydrogen-bond donors (Lipinski definition) is 2. The summed E-state index contributed by atoms with van der Waals surface area (Å²) in [6.07, 6.45) is 5.36. The minimum atomic E-state index is 0.0928. The monoisotopic (exact) mass is 309 g/mol. The lowest BCUT2D eigenvalue weighted by Crippen LogP contribution is -2.40. The Hall–Kier alpha value is -2.20. The molecule has 0 radical (unpaired) electrons. The first-order valence-electron chi connectivity index (χ1n) is 8.19. The van der Waals surface area contributed by atoms with E-state index < -0.39 is 0 Å². The van der Waals surface area contributed by atoms with Crippen LogP contribution in [0.5, 0.6) is 0 Å². The fourth-order valence-electron chi connectivity index (χ4n) is 3.09. The van der Waals surface area contributed by atoms with Crippen molar-refractivity contribution in [3.05, 3.63) is 48.3 Å². The normalized spacial score (nSPS) is 21.0. The van der Waals surface area contributed by atoms with E-state index in [1.807, 2.05) is 25.1 Å². The zero-order valence-corrected chi connectivity index (χ0v) is 13.7. The van der Waals surface area contributed by atoms with Crippen LogP contribution in [0, 0.1) is 12.8 Å². The maximum absolute atomic E-state index is 12.6. The van der Waals surface area contributed by atoms with Crippen LogP contribution in [0.1, 0.15) is 25.3 Å². The third-order valence-corrected chi connectivity index (χ3v) is 4.50. The predicted octanol–water partition coefficient (Wildman–Crippen LogP) is 3.38. The minimum Gasteiger partial charge on any atom is -0.326 e. The van der Waals surface area contributed by atoms with Gasteiger partial charge < -0.3 is 10.6 Å². The molecular formula is C19H23N3O. The van der Waals surface area contributed by atoms with E-state index in [9.17, 15) is 4.79 Å². The van der Waals surface area contributed by atoms with Crippen LogP contribution in [-0.2, 0) is 4.79 Å². The molecule has 0 aliphatic carbocycles. The Morgan fingerprint density at radius 1 is 1.22 bits per heavy atom. The van der Waals surface area contributed by atoms with Gasteiger partial charge in [-0.2, -0.15) is 0 Å². The summed E-state index contributed by atoms with van der Waals surface area (Å²) in [4.78, 5) is 16.6. The molecule has 23 heavy (non-hydrogen) atoms. The molecule has 1 aromatic heterocycles. The van der Waals surface area contributed by atoms with Crippen molar-refractivity contribution >= 4 is 11.6 Å². The second kappa shape index (κ2) is 6.92. The average molecular weight is 309 g/mol. The Morgan fingerprint density at radius 2 is 2.00 bits per heavy atom. The molecule has 120 valence electrons. The molecule has 4 heteroatoms. The number of hydrogen-bond acceptors (Lipinski definition) is 3. The standard InChI is InChI=1S/C19H23N3O/c1-13-3-4-16(15-5-8-20-9-6-15)12-18(13)22-19(23)17-7-10-21-14(2)11-17/h3-6,8-9,12,14,17,21H,7,10-11H2,1-2H3,(H,22,23)/t14-,17-/m0/s1. The van der Waals surface area contributed by atoms with Crippen LogP contribution < -0.4 is 10.6 Å². The molecule has 0 spiro atoms. The van der Waals surface area contributed by atoms with E-state index in [1.54, 1.807) is 12.4 Å². The highest BCUT2D eigenvalue weighted by Gasteiger charge is 2.25. The molecule has 1 saturated heterocycles. The van der Waals surface area contributed by atoms with Gasteiger partial charge in [-0.3, -0.25) is 9.78 Å². The topological polar surface area (TPSA) is 54.0 Å². The quantitative estimate of drug-likeness (QED) is 0.914. The lowest BCUT2D eigenvalue weighted by atomic mass is 9.92. The first-order chi connectivity index (χ1) is 11.1.